The van der Waals surface area contributed by atoms with Crippen molar-refractivity contribution in [2.45, 2.75) is 50.6 Å². The maximum atomic E-state index is 6.06. The lowest BCUT2D eigenvalue weighted by Gasteiger charge is -2.32. The van der Waals surface area contributed by atoms with Crippen LogP contribution >= 0.6 is 24.0 Å². The fraction of sp³-hybridized carbons (Fsp3) is 0.929. The summed E-state index contributed by atoms with van der Waals surface area (Å²) in [6.45, 7) is 5.60. The van der Waals surface area contributed by atoms with Crippen LogP contribution in [0, 0.1) is 0 Å². The monoisotopic (exact) mass is 411 g/mol. The van der Waals surface area contributed by atoms with Gasteiger partial charge in [0.25, 0.3) is 0 Å². The molecular formula is C14H26IN3O3. The summed E-state index contributed by atoms with van der Waals surface area (Å²) >= 11 is 0. The number of rotatable bonds is 2. The van der Waals surface area contributed by atoms with Crippen LogP contribution in [0.3, 0.4) is 0 Å². The Morgan fingerprint density at radius 1 is 1.38 bits per heavy atom. The Labute approximate surface area is 143 Å². The highest BCUT2D eigenvalue weighted by atomic mass is 127. The van der Waals surface area contributed by atoms with E-state index in [4.69, 9.17) is 19.9 Å². The summed E-state index contributed by atoms with van der Waals surface area (Å²) in [5, 5.41) is 0. The van der Waals surface area contributed by atoms with Crippen molar-refractivity contribution < 1.29 is 14.2 Å². The first-order chi connectivity index (χ1) is 9.67. The van der Waals surface area contributed by atoms with E-state index in [9.17, 15) is 0 Å². The first kappa shape index (κ1) is 17.2. The lowest BCUT2D eigenvalue weighted by molar-refractivity contribution is -0.160. The number of hydrogen-bond donors (Lipinski definition) is 1. The number of ether oxygens (including phenoxy) is 3. The molecule has 2 atom stereocenters. The Kier molecular flexibility index (Phi) is 6.10. The zero-order chi connectivity index (χ0) is 14.0. The second-order valence-electron chi connectivity index (χ2n) is 5.99. The second kappa shape index (κ2) is 7.43. The zero-order valence-electron chi connectivity index (χ0n) is 12.6. The normalized spacial score (nSPS) is 32.4. The molecule has 0 radical (unpaired) electrons. The Morgan fingerprint density at radius 2 is 2.14 bits per heavy atom. The Bertz CT molecular complexity index is 374. The fourth-order valence-electron chi connectivity index (χ4n) is 3.20. The number of aliphatic imine (C=N–C) groups is 1. The van der Waals surface area contributed by atoms with Gasteiger partial charge in [-0.15, -0.1) is 24.0 Å². The summed E-state index contributed by atoms with van der Waals surface area (Å²) in [6.07, 6.45) is 4.69. The van der Waals surface area contributed by atoms with Crippen LogP contribution in [-0.2, 0) is 14.2 Å². The molecule has 2 aliphatic heterocycles. The molecule has 3 aliphatic rings. The molecular weight excluding hydrogens is 385 g/mol. The van der Waals surface area contributed by atoms with Crippen molar-refractivity contribution in [2.75, 3.05) is 32.8 Å². The minimum atomic E-state index is -0.303. The molecule has 122 valence electrons. The number of hydrogen-bond acceptors (Lipinski definition) is 4. The van der Waals surface area contributed by atoms with Gasteiger partial charge in [0.15, 0.2) is 11.7 Å². The number of nitrogens with two attached hydrogens (primary N) is 1. The molecule has 3 rings (SSSR count). The summed E-state index contributed by atoms with van der Waals surface area (Å²) < 4.78 is 17.4. The van der Waals surface area contributed by atoms with Crippen molar-refractivity contribution in [3.05, 3.63) is 0 Å². The van der Waals surface area contributed by atoms with Crippen LogP contribution in [0.25, 0.3) is 0 Å². The van der Waals surface area contributed by atoms with Crippen LogP contribution in [0.2, 0.25) is 0 Å². The SMILES string of the molecule is CC1CN(C(N)=NCC2COC3(CCCC3)O2)CCO1.I. The number of nitrogens with zero attached hydrogens (tertiary/aromatic N) is 2. The number of guanidine groups is 1. The summed E-state index contributed by atoms with van der Waals surface area (Å²) in [5.41, 5.74) is 6.06. The molecule has 6 nitrogen and oxygen atoms in total. The molecule has 21 heavy (non-hydrogen) atoms. The summed E-state index contributed by atoms with van der Waals surface area (Å²) in [4.78, 5) is 6.56. The van der Waals surface area contributed by atoms with Crippen LogP contribution < -0.4 is 5.73 Å². The minimum Gasteiger partial charge on any atom is -0.375 e. The molecule has 0 amide bonds. The molecule has 3 fully saturated rings. The molecule has 0 aromatic rings. The van der Waals surface area contributed by atoms with Crippen LogP contribution in [0.15, 0.2) is 4.99 Å². The van der Waals surface area contributed by atoms with Gasteiger partial charge in [-0.25, -0.2) is 0 Å². The van der Waals surface area contributed by atoms with Gasteiger partial charge in [-0.1, -0.05) is 0 Å². The smallest absolute Gasteiger partial charge is 0.191 e. The highest BCUT2D eigenvalue weighted by molar-refractivity contribution is 14.0. The molecule has 1 saturated carbocycles. The molecule has 2 saturated heterocycles. The first-order valence-electron chi connectivity index (χ1n) is 7.65. The van der Waals surface area contributed by atoms with E-state index in [-0.39, 0.29) is 42.0 Å². The lowest BCUT2D eigenvalue weighted by Crippen LogP contribution is -2.48. The topological polar surface area (TPSA) is 69.3 Å². The standard InChI is InChI=1S/C14H25N3O3.HI/c1-11-9-17(6-7-18-11)13(15)16-8-12-10-19-14(20-12)4-2-3-5-14;/h11-12H,2-10H2,1H3,(H2,15,16);1H. The van der Waals surface area contributed by atoms with Crippen molar-refractivity contribution in [1.82, 2.24) is 4.90 Å². The van der Waals surface area contributed by atoms with Crippen molar-refractivity contribution >= 4 is 29.9 Å². The zero-order valence-corrected chi connectivity index (χ0v) is 15.0. The third kappa shape index (κ3) is 4.20. The van der Waals surface area contributed by atoms with Gasteiger partial charge in [0.1, 0.15) is 6.10 Å². The van der Waals surface area contributed by atoms with Gasteiger partial charge in [-0.3, -0.25) is 4.99 Å². The van der Waals surface area contributed by atoms with Crippen LogP contribution in [0.4, 0.5) is 0 Å². The van der Waals surface area contributed by atoms with E-state index in [1.807, 2.05) is 0 Å². The molecule has 1 aliphatic carbocycles. The van der Waals surface area contributed by atoms with Crippen LogP contribution in [-0.4, -0.2) is 61.7 Å². The number of morpholine rings is 1. The Morgan fingerprint density at radius 3 is 2.86 bits per heavy atom. The van der Waals surface area contributed by atoms with Gasteiger partial charge < -0.3 is 24.8 Å². The van der Waals surface area contributed by atoms with Gasteiger partial charge >= 0.3 is 0 Å². The van der Waals surface area contributed by atoms with Crippen molar-refractivity contribution in [3.63, 3.8) is 0 Å². The van der Waals surface area contributed by atoms with Gasteiger partial charge in [-0.05, 0) is 19.8 Å². The summed E-state index contributed by atoms with van der Waals surface area (Å²) in [6, 6.07) is 0. The molecule has 0 bridgehead atoms. The highest BCUT2D eigenvalue weighted by Gasteiger charge is 2.43. The molecule has 1 spiro atoms. The first-order valence-corrected chi connectivity index (χ1v) is 7.65. The summed E-state index contributed by atoms with van der Waals surface area (Å²) in [7, 11) is 0. The summed E-state index contributed by atoms with van der Waals surface area (Å²) in [5.74, 6) is 0.290. The predicted octanol–water partition coefficient (Wildman–Crippen LogP) is 1.33. The molecule has 7 heteroatoms. The molecule has 2 N–H and O–H groups in total. The van der Waals surface area contributed by atoms with Crippen molar-refractivity contribution in [3.8, 4) is 0 Å². The van der Waals surface area contributed by atoms with Gasteiger partial charge in [0, 0.05) is 25.9 Å². The maximum Gasteiger partial charge on any atom is 0.191 e. The van der Waals surface area contributed by atoms with Crippen LogP contribution in [0.5, 0.6) is 0 Å². The molecule has 2 unspecified atom stereocenters. The second-order valence-corrected chi connectivity index (χ2v) is 5.99. The van der Waals surface area contributed by atoms with E-state index in [1.165, 1.54) is 12.8 Å². The van der Waals surface area contributed by atoms with Gasteiger partial charge in [0.05, 0.1) is 25.9 Å². The minimum absolute atomic E-state index is 0. The van der Waals surface area contributed by atoms with E-state index in [1.54, 1.807) is 0 Å². The third-order valence-electron chi connectivity index (χ3n) is 4.30. The van der Waals surface area contributed by atoms with E-state index >= 15 is 0 Å². The largest absolute Gasteiger partial charge is 0.375 e. The predicted molar refractivity (Wildman–Crippen MR) is 90.9 cm³/mol. The maximum absolute atomic E-state index is 6.06. The lowest BCUT2D eigenvalue weighted by atomic mass is 10.2. The van der Waals surface area contributed by atoms with E-state index < -0.39 is 0 Å². The van der Waals surface area contributed by atoms with Crippen LogP contribution in [0.1, 0.15) is 32.6 Å². The van der Waals surface area contributed by atoms with Gasteiger partial charge in [0.2, 0.25) is 0 Å². The Balaban J connectivity index is 0.00000161. The van der Waals surface area contributed by atoms with Crippen molar-refractivity contribution in [2.24, 2.45) is 10.7 Å². The number of halogens is 1. The highest BCUT2D eigenvalue weighted by Crippen LogP contribution is 2.39. The van der Waals surface area contributed by atoms with Crippen molar-refractivity contribution in [1.29, 1.82) is 0 Å². The molecule has 2 heterocycles. The Hall–Kier alpha value is -0.120. The van der Waals surface area contributed by atoms with E-state index in [0.717, 1.165) is 25.9 Å². The quantitative estimate of drug-likeness (QED) is 0.422. The molecule has 0 aromatic heterocycles. The fourth-order valence-corrected chi connectivity index (χ4v) is 3.20. The molecule has 0 aromatic carbocycles. The third-order valence-corrected chi connectivity index (χ3v) is 4.30. The van der Waals surface area contributed by atoms with E-state index in [2.05, 4.69) is 16.8 Å². The average molecular weight is 411 g/mol. The average Bonchev–Trinajstić information content (AvgIpc) is 3.07. The van der Waals surface area contributed by atoms with Gasteiger partial charge in [-0.2, -0.15) is 0 Å². The van der Waals surface area contributed by atoms with E-state index in [0.29, 0.717) is 25.7 Å².